The van der Waals surface area contributed by atoms with Crippen molar-refractivity contribution in [3.8, 4) is 5.75 Å². The normalized spacial score (nSPS) is 25.7. The van der Waals surface area contributed by atoms with E-state index in [2.05, 4.69) is 11.8 Å². The van der Waals surface area contributed by atoms with E-state index in [1.165, 1.54) is 0 Å². The lowest BCUT2D eigenvalue weighted by molar-refractivity contribution is -0.0909. The van der Waals surface area contributed by atoms with E-state index in [9.17, 15) is 4.79 Å². The molecule has 0 unspecified atom stereocenters. The molecular formula is C16H21ClN2O3. The van der Waals surface area contributed by atoms with Crippen molar-refractivity contribution < 1.29 is 14.3 Å². The Bertz CT molecular complexity index is 581. The molecule has 0 aromatic heterocycles. The molecule has 0 aliphatic carbocycles. The summed E-state index contributed by atoms with van der Waals surface area (Å²) >= 11 is 6.29. The molecule has 5 nitrogen and oxygen atoms in total. The lowest BCUT2D eigenvalue weighted by atomic mass is 9.95. The molecule has 22 heavy (non-hydrogen) atoms. The van der Waals surface area contributed by atoms with E-state index in [4.69, 9.17) is 21.1 Å². The summed E-state index contributed by atoms with van der Waals surface area (Å²) in [5.41, 5.74) is 0.382. The maximum Gasteiger partial charge on any atom is 0.255 e. The van der Waals surface area contributed by atoms with E-state index in [-0.39, 0.29) is 11.4 Å². The minimum atomic E-state index is -0.114. The number of amides is 1. The lowest BCUT2D eigenvalue weighted by Gasteiger charge is -2.51. The molecule has 0 bridgehead atoms. The maximum atomic E-state index is 12.8. The molecular weight excluding hydrogens is 304 g/mol. The van der Waals surface area contributed by atoms with Crippen molar-refractivity contribution in [3.63, 3.8) is 0 Å². The first-order chi connectivity index (χ1) is 10.5. The fourth-order valence-electron chi connectivity index (χ4n) is 3.26. The monoisotopic (exact) mass is 324 g/mol. The third-order valence-corrected chi connectivity index (χ3v) is 4.94. The zero-order valence-corrected chi connectivity index (χ0v) is 13.7. The topological polar surface area (TPSA) is 42.0 Å². The second kappa shape index (κ2) is 6.07. The minimum Gasteiger partial charge on any atom is -0.495 e. The van der Waals surface area contributed by atoms with Gasteiger partial charge in [-0.2, -0.15) is 0 Å². The average Bonchev–Trinajstić information content (AvgIpc) is 2.53. The maximum absolute atomic E-state index is 12.8. The zero-order chi connectivity index (χ0) is 15.7. The predicted octanol–water partition coefficient (Wildman–Crippen LogP) is 1.90. The van der Waals surface area contributed by atoms with Crippen LogP contribution in [0.25, 0.3) is 0 Å². The Morgan fingerprint density at radius 2 is 2.18 bits per heavy atom. The molecule has 2 aliphatic heterocycles. The smallest absolute Gasteiger partial charge is 0.255 e. The Balaban J connectivity index is 1.81. The number of halogens is 1. The van der Waals surface area contributed by atoms with Crippen molar-refractivity contribution >= 4 is 17.5 Å². The third kappa shape index (κ3) is 2.69. The number of hydrogen-bond donors (Lipinski definition) is 0. The molecule has 2 heterocycles. The van der Waals surface area contributed by atoms with Crippen molar-refractivity contribution in [2.75, 3.05) is 46.5 Å². The van der Waals surface area contributed by atoms with Gasteiger partial charge in [-0.15, -0.1) is 0 Å². The molecule has 3 rings (SSSR count). The van der Waals surface area contributed by atoms with Gasteiger partial charge in [0.25, 0.3) is 5.91 Å². The van der Waals surface area contributed by atoms with E-state index in [1.54, 1.807) is 25.3 Å². The SMILES string of the molecule is COc1cccc(C(=O)N2CCN3CCOC[C@]3(C)C2)c1Cl. The Kier molecular flexibility index (Phi) is 4.30. The van der Waals surface area contributed by atoms with Crippen LogP contribution >= 0.6 is 11.6 Å². The fraction of sp³-hybridized carbons (Fsp3) is 0.562. The van der Waals surface area contributed by atoms with Crippen molar-refractivity contribution in [1.29, 1.82) is 0 Å². The summed E-state index contributed by atoms with van der Waals surface area (Å²) < 4.78 is 10.8. The van der Waals surface area contributed by atoms with Gasteiger partial charge in [0.1, 0.15) is 5.75 Å². The van der Waals surface area contributed by atoms with Crippen LogP contribution in [-0.2, 0) is 4.74 Å². The van der Waals surface area contributed by atoms with Gasteiger partial charge in [0, 0.05) is 26.2 Å². The molecule has 1 aromatic rings. The molecule has 1 aromatic carbocycles. The number of morpholine rings is 1. The fourth-order valence-corrected chi connectivity index (χ4v) is 3.55. The van der Waals surface area contributed by atoms with E-state index in [0.717, 1.165) is 19.7 Å². The van der Waals surface area contributed by atoms with E-state index in [1.807, 2.05) is 4.90 Å². The summed E-state index contributed by atoms with van der Waals surface area (Å²) in [6.45, 7) is 6.74. The molecule has 0 N–H and O–H groups in total. The van der Waals surface area contributed by atoms with Gasteiger partial charge < -0.3 is 14.4 Å². The number of fused-ring (bicyclic) bond motifs is 1. The second-order valence-electron chi connectivity index (χ2n) is 6.09. The summed E-state index contributed by atoms with van der Waals surface area (Å²) in [6, 6.07) is 5.30. The van der Waals surface area contributed by atoms with Crippen LogP contribution in [-0.4, -0.2) is 67.7 Å². The number of piperazine rings is 1. The van der Waals surface area contributed by atoms with Crippen LogP contribution in [0.2, 0.25) is 5.02 Å². The standard InChI is InChI=1S/C16H21ClN2O3/c1-16-10-18(6-7-19(16)8-9-22-11-16)15(20)12-4-3-5-13(21-2)14(12)17/h3-5H,6-11H2,1-2H3/t16-/m0/s1. The van der Waals surface area contributed by atoms with Gasteiger partial charge in [-0.05, 0) is 19.1 Å². The first-order valence-electron chi connectivity index (χ1n) is 7.50. The number of carbonyl (C=O) groups is 1. The molecule has 120 valence electrons. The Morgan fingerprint density at radius 1 is 1.36 bits per heavy atom. The molecule has 0 spiro atoms. The lowest BCUT2D eigenvalue weighted by Crippen LogP contribution is -2.66. The van der Waals surface area contributed by atoms with Gasteiger partial charge in [0.05, 0.1) is 36.4 Å². The van der Waals surface area contributed by atoms with Crippen molar-refractivity contribution in [2.24, 2.45) is 0 Å². The molecule has 2 aliphatic rings. The van der Waals surface area contributed by atoms with E-state index < -0.39 is 0 Å². The third-order valence-electron chi connectivity index (χ3n) is 4.55. The number of benzene rings is 1. The summed E-state index contributed by atoms with van der Waals surface area (Å²) in [5, 5.41) is 0.377. The highest BCUT2D eigenvalue weighted by molar-refractivity contribution is 6.35. The van der Waals surface area contributed by atoms with Crippen LogP contribution < -0.4 is 4.74 Å². The van der Waals surface area contributed by atoms with E-state index in [0.29, 0.717) is 36.0 Å². The highest BCUT2D eigenvalue weighted by Crippen LogP contribution is 2.31. The van der Waals surface area contributed by atoms with Gasteiger partial charge in [0.15, 0.2) is 0 Å². The summed E-state index contributed by atoms with van der Waals surface area (Å²) in [4.78, 5) is 17.1. The Labute approximate surface area is 135 Å². The van der Waals surface area contributed by atoms with Gasteiger partial charge in [-0.1, -0.05) is 17.7 Å². The minimum absolute atomic E-state index is 0.0460. The number of nitrogens with zero attached hydrogens (tertiary/aromatic N) is 2. The van der Waals surface area contributed by atoms with Crippen LogP contribution in [0.5, 0.6) is 5.75 Å². The number of hydrogen-bond acceptors (Lipinski definition) is 4. The summed E-state index contributed by atoms with van der Waals surface area (Å²) in [7, 11) is 1.55. The molecule has 0 radical (unpaired) electrons. The number of methoxy groups -OCH3 is 1. The average molecular weight is 325 g/mol. The van der Waals surface area contributed by atoms with Crippen LogP contribution in [0.1, 0.15) is 17.3 Å². The zero-order valence-electron chi connectivity index (χ0n) is 13.0. The number of ether oxygens (including phenoxy) is 2. The van der Waals surface area contributed by atoms with Crippen molar-refractivity contribution in [2.45, 2.75) is 12.5 Å². The number of carbonyl (C=O) groups excluding carboxylic acids is 1. The largest absolute Gasteiger partial charge is 0.495 e. The molecule has 0 saturated carbocycles. The second-order valence-corrected chi connectivity index (χ2v) is 6.46. The van der Waals surface area contributed by atoms with Gasteiger partial charge in [-0.25, -0.2) is 0 Å². The first kappa shape index (κ1) is 15.6. The summed E-state index contributed by atoms with van der Waals surface area (Å²) in [5.74, 6) is 0.480. The molecule has 2 saturated heterocycles. The molecule has 6 heteroatoms. The van der Waals surface area contributed by atoms with Crippen LogP contribution in [0, 0.1) is 0 Å². The van der Waals surface area contributed by atoms with Crippen molar-refractivity contribution in [1.82, 2.24) is 9.80 Å². The van der Waals surface area contributed by atoms with E-state index >= 15 is 0 Å². The van der Waals surface area contributed by atoms with Gasteiger partial charge in [-0.3, -0.25) is 9.69 Å². The highest BCUT2D eigenvalue weighted by Gasteiger charge is 2.41. The van der Waals surface area contributed by atoms with Crippen molar-refractivity contribution in [3.05, 3.63) is 28.8 Å². The molecule has 2 fully saturated rings. The van der Waals surface area contributed by atoms with Gasteiger partial charge in [0.2, 0.25) is 0 Å². The van der Waals surface area contributed by atoms with Crippen LogP contribution in [0.3, 0.4) is 0 Å². The van der Waals surface area contributed by atoms with Crippen LogP contribution in [0.15, 0.2) is 18.2 Å². The first-order valence-corrected chi connectivity index (χ1v) is 7.87. The Hall–Kier alpha value is -1.30. The predicted molar refractivity (Wildman–Crippen MR) is 84.7 cm³/mol. The van der Waals surface area contributed by atoms with Gasteiger partial charge >= 0.3 is 0 Å². The highest BCUT2D eigenvalue weighted by atomic mass is 35.5. The number of rotatable bonds is 2. The Morgan fingerprint density at radius 3 is 2.95 bits per heavy atom. The molecule has 1 atom stereocenters. The summed E-state index contributed by atoms with van der Waals surface area (Å²) in [6.07, 6.45) is 0. The quantitative estimate of drug-likeness (QED) is 0.833. The molecule has 1 amide bonds. The van der Waals surface area contributed by atoms with Crippen LogP contribution in [0.4, 0.5) is 0 Å².